The number of rotatable bonds is 4. The minimum Gasteiger partial charge on any atom is -0.494 e. The fourth-order valence-electron chi connectivity index (χ4n) is 2.44. The summed E-state index contributed by atoms with van der Waals surface area (Å²) in [5.74, 6) is 0.110. The number of fused-ring (bicyclic) bond motifs is 1. The van der Waals surface area contributed by atoms with Gasteiger partial charge in [0.05, 0.1) is 12.7 Å². The Morgan fingerprint density at radius 1 is 1.33 bits per heavy atom. The molecule has 2 aromatic carbocycles. The Hall–Kier alpha value is -2.67. The van der Waals surface area contributed by atoms with Crippen molar-refractivity contribution in [2.75, 3.05) is 19.5 Å². The van der Waals surface area contributed by atoms with Gasteiger partial charge in [0, 0.05) is 28.7 Å². The normalized spacial score (nSPS) is 10.6. The average Bonchev–Trinajstić information content (AvgIpc) is 2.61. The van der Waals surface area contributed by atoms with E-state index >= 15 is 0 Å². The Labute approximate surface area is 146 Å². The third-order valence-corrected chi connectivity index (χ3v) is 4.49. The van der Waals surface area contributed by atoms with Crippen LogP contribution in [0, 0.1) is 0 Å². The maximum absolute atomic E-state index is 11.2. The smallest absolute Gasteiger partial charge is 0.335 e. The molecule has 1 aromatic heterocycles. The molecule has 1 heterocycles. The number of nitrogens with one attached hydrogen (secondary N) is 1. The molecule has 0 saturated heterocycles. The zero-order valence-electron chi connectivity index (χ0n) is 13.0. The van der Waals surface area contributed by atoms with Crippen molar-refractivity contribution in [1.82, 2.24) is 9.97 Å². The predicted octanol–water partition coefficient (Wildman–Crippen LogP) is 3.81. The van der Waals surface area contributed by atoms with Gasteiger partial charge in [0.1, 0.15) is 11.3 Å². The molecule has 3 aromatic rings. The quantitative estimate of drug-likeness (QED) is 0.707. The van der Waals surface area contributed by atoms with E-state index in [9.17, 15) is 9.90 Å². The van der Waals surface area contributed by atoms with E-state index in [1.54, 1.807) is 38.6 Å². The Morgan fingerprint density at radius 2 is 2.12 bits per heavy atom. The maximum atomic E-state index is 11.2. The molecule has 0 bridgehead atoms. The minimum atomic E-state index is -0.970. The standard InChI is InChI=1S/C17H14BrN3O3/c1-19-17-20-8-12-14(18)11(7-13(24-2)15(12)21-17)9-4-3-5-10(6-9)16(22)23/h3-8H,1-2H3,(H,22,23)(H,19,20,21). The average molecular weight is 388 g/mol. The van der Waals surface area contributed by atoms with Gasteiger partial charge in [-0.25, -0.2) is 14.8 Å². The van der Waals surface area contributed by atoms with Gasteiger partial charge in [0.25, 0.3) is 0 Å². The van der Waals surface area contributed by atoms with E-state index in [-0.39, 0.29) is 5.56 Å². The molecule has 0 unspecified atom stereocenters. The molecule has 0 fully saturated rings. The van der Waals surface area contributed by atoms with Crippen LogP contribution in [0.1, 0.15) is 10.4 Å². The topological polar surface area (TPSA) is 84.3 Å². The summed E-state index contributed by atoms with van der Waals surface area (Å²) in [6.45, 7) is 0. The highest BCUT2D eigenvalue weighted by Gasteiger charge is 2.15. The first-order valence-electron chi connectivity index (χ1n) is 7.10. The van der Waals surface area contributed by atoms with Gasteiger partial charge in [-0.2, -0.15) is 0 Å². The third kappa shape index (κ3) is 2.78. The SMILES string of the molecule is CNc1ncc2c(Br)c(-c3cccc(C(=O)O)c3)cc(OC)c2n1. The van der Waals surface area contributed by atoms with Gasteiger partial charge < -0.3 is 15.2 Å². The summed E-state index contributed by atoms with van der Waals surface area (Å²) < 4.78 is 6.25. The van der Waals surface area contributed by atoms with Gasteiger partial charge in [-0.3, -0.25) is 0 Å². The first-order chi connectivity index (χ1) is 11.5. The van der Waals surface area contributed by atoms with E-state index in [1.807, 2.05) is 12.1 Å². The number of hydrogen-bond acceptors (Lipinski definition) is 5. The predicted molar refractivity (Wildman–Crippen MR) is 95.7 cm³/mol. The zero-order valence-corrected chi connectivity index (χ0v) is 14.6. The van der Waals surface area contributed by atoms with Crippen LogP contribution in [0.15, 0.2) is 41.0 Å². The number of aromatic carboxylic acids is 1. The molecule has 122 valence electrons. The van der Waals surface area contributed by atoms with Crippen molar-refractivity contribution >= 4 is 38.8 Å². The molecule has 0 spiro atoms. The van der Waals surface area contributed by atoms with E-state index in [4.69, 9.17) is 4.74 Å². The summed E-state index contributed by atoms with van der Waals surface area (Å²) in [5, 5.41) is 12.9. The van der Waals surface area contributed by atoms with Crippen LogP contribution in [0.5, 0.6) is 5.75 Å². The van der Waals surface area contributed by atoms with E-state index in [0.717, 1.165) is 21.0 Å². The number of carbonyl (C=O) groups is 1. The fraction of sp³-hybridized carbons (Fsp3) is 0.118. The molecular formula is C17H14BrN3O3. The van der Waals surface area contributed by atoms with Crippen LogP contribution in [0.25, 0.3) is 22.0 Å². The number of carboxylic acids is 1. The number of ether oxygens (including phenoxy) is 1. The molecular weight excluding hydrogens is 374 g/mol. The first-order valence-corrected chi connectivity index (χ1v) is 7.89. The van der Waals surface area contributed by atoms with Crippen molar-refractivity contribution in [2.45, 2.75) is 0 Å². The summed E-state index contributed by atoms with van der Waals surface area (Å²) >= 11 is 3.59. The van der Waals surface area contributed by atoms with Crippen LogP contribution in [-0.2, 0) is 0 Å². The Bertz CT molecular complexity index is 944. The number of aromatic nitrogens is 2. The number of halogens is 1. The molecule has 3 rings (SSSR count). The summed E-state index contributed by atoms with van der Waals surface area (Å²) in [6, 6.07) is 8.57. The second kappa shape index (κ2) is 6.45. The highest BCUT2D eigenvalue weighted by Crippen LogP contribution is 2.39. The number of methoxy groups -OCH3 is 1. The highest BCUT2D eigenvalue weighted by atomic mass is 79.9. The number of nitrogens with zero attached hydrogens (tertiary/aromatic N) is 2. The molecule has 7 heteroatoms. The lowest BCUT2D eigenvalue weighted by Crippen LogP contribution is -1.99. The van der Waals surface area contributed by atoms with Crippen molar-refractivity contribution < 1.29 is 14.6 Å². The highest BCUT2D eigenvalue weighted by molar-refractivity contribution is 9.10. The van der Waals surface area contributed by atoms with Crippen LogP contribution in [0.3, 0.4) is 0 Å². The molecule has 0 atom stereocenters. The molecule has 2 N–H and O–H groups in total. The van der Waals surface area contributed by atoms with Gasteiger partial charge >= 0.3 is 5.97 Å². The van der Waals surface area contributed by atoms with E-state index < -0.39 is 5.97 Å². The second-order valence-corrected chi connectivity index (χ2v) is 5.83. The lowest BCUT2D eigenvalue weighted by atomic mass is 10.0. The fourth-order valence-corrected chi connectivity index (χ4v) is 3.08. The van der Waals surface area contributed by atoms with Gasteiger partial charge in [0.2, 0.25) is 5.95 Å². The number of anilines is 1. The molecule has 6 nitrogen and oxygen atoms in total. The number of hydrogen-bond donors (Lipinski definition) is 2. The number of benzene rings is 2. The summed E-state index contributed by atoms with van der Waals surface area (Å²) in [4.78, 5) is 19.9. The van der Waals surface area contributed by atoms with Gasteiger partial charge in [-0.1, -0.05) is 12.1 Å². The van der Waals surface area contributed by atoms with Crippen LogP contribution in [0.4, 0.5) is 5.95 Å². The summed E-state index contributed by atoms with van der Waals surface area (Å²) in [6.07, 6.45) is 1.70. The van der Waals surface area contributed by atoms with Crippen molar-refractivity contribution in [3.05, 3.63) is 46.6 Å². The van der Waals surface area contributed by atoms with Crippen molar-refractivity contribution in [3.8, 4) is 16.9 Å². The van der Waals surface area contributed by atoms with Gasteiger partial charge in [-0.05, 0) is 39.7 Å². The van der Waals surface area contributed by atoms with E-state index in [1.165, 1.54) is 0 Å². The minimum absolute atomic E-state index is 0.222. The van der Waals surface area contributed by atoms with Crippen molar-refractivity contribution in [2.24, 2.45) is 0 Å². The Morgan fingerprint density at radius 3 is 2.79 bits per heavy atom. The molecule has 0 aliphatic carbocycles. The molecule has 24 heavy (non-hydrogen) atoms. The zero-order chi connectivity index (χ0) is 17.3. The van der Waals surface area contributed by atoms with Crippen LogP contribution in [-0.4, -0.2) is 35.2 Å². The Kier molecular flexibility index (Phi) is 4.35. The van der Waals surface area contributed by atoms with E-state index in [0.29, 0.717) is 17.2 Å². The number of carboxylic acid groups (broad SMARTS) is 1. The summed E-state index contributed by atoms with van der Waals surface area (Å²) in [7, 11) is 3.32. The third-order valence-electron chi connectivity index (χ3n) is 3.63. The lowest BCUT2D eigenvalue weighted by molar-refractivity contribution is 0.0697. The molecule has 0 aliphatic heterocycles. The largest absolute Gasteiger partial charge is 0.494 e. The first kappa shape index (κ1) is 16.2. The molecule has 0 saturated carbocycles. The summed E-state index contributed by atoms with van der Waals surface area (Å²) in [5.41, 5.74) is 2.46. The lowest BCUT2D eigenvalue weighted by Gasteiger charge is -2.13. The van der Waals surface area contributed by atoms with Gasteiger partial charge in [0.15, 0.2) is 0 Å². The van der Waals surface area contributed by atoms with Crippen molar-refractivity contribution in [3.63, 3.8) is 0 Å². The van der Waals surface area contributed by atoms with Gasteiger partial charge in [-0.15, -0.1) is 0 Å². The van der Waals surface area contributed by atoms with Crippen molar-refractivity contribution in [1.29, 1.82) is 0 Å². The van der Waals surface area contributed by atoms with Crippen LogP contribution >= 0.6 is 15.9 Å². The van der Waals surface area contributed by atoms with Crippen LogP contribution < -0.4 is 10.1 Å². The maximum Gasteiger partial charge on any atom is 0.335 e. The molecule has 0 aliphatic rings. The molecule has 0 radical (unpaired) electrons. The second-order valence-electron chi connectivity index (χ2n) is 5.03. The molecule has 0 amide bonds. The van der Waals surface area contributed by atoms with E-state index in [2.05, 4.69) is 31.2 Å². The Balaban J connectivity index is 2.28. The monoisotopic (exact) mass is 387 g/mol. The van der Waals surface area contributed by atoms with Crippen LogP contribution in [0.2, 0.25) is 0 Å².